The van der Waals surface area contributed by atoms with Crippen LogP contribution in [0.1, 0.15) is 41.3 Å². The third-order valence-corrected chi connectivity index (χ3v) is 3.55. The van der Waals surface area contributed by atoms with Crippen LogP contribution in [0.15, 0.2) is 41.0 Å². The Balaban J connectivity index is 2.06. The lowest BCUT2D eigenvalue weighted by Gasteiger charge is -2.17. The molecule has 2 aromatic rings. The molecule has 1 heterocycles. The van der Waals surface area contributed by atoms with Gasteiger partial charge in [-0.15, -0.1) is 0 Å². The van der Waals surface area contributed by atoms with Crippen LogP contribution in [-0.2, 0) is 6.54 Å². The highest BCUT2D eigenvalue weighted by atomic mass is 35.5. The van der Waals surface area contributed by atoms with Crippen LogP contribution >= 0.6 is 11.6 Å². The van der Waals surface area contributed by atoms with Gasteiger partial charge in [-0.1, -0.05) is 38.1 Å². The summed E-state index contributed by atoms with van der Waals surface area (Å²) in [5.74, 6) is 0.366. The van der Waals surface area contributed by atoms with E-state index in [1.54, 1.807) is 18.0 Å². The summed E-state index contributed by atoms with van der Waals surface area (Å²) in [5, 5.41) is 0.136. The number of halogens is 1. The first-order valence-electron chi connectivity index (χ1n) is 6.56. The quantitative estimate of drug-likeness (QED) is 0.840. The molecule has 0 N–H and O–H groups in total. The average molecular weight is 292 g/mol. The van der Waals surface area contributed by atoms with E-state index in [0.29, 0.717) is 18.0 Å². The van der Waals surface area contributed by atoms with Gasteiger partial charge in [0.25, 0.3) is 5.91 Å². The minimum atomic E-state index is -0.142. The normalized spacial score (nSPS) is 10.8. The predicted octanol–water partition coefficient (Wildman–Crippen LogP) is 4.33. The van der Waals surface area contributed by atoms with E-state index in [0.717, 1.165) is 5.56 Å². The second-order valence-corrected chi connectivity index (χ2v) is 5.51. The van der Waals surface area contributed by atoms with Crippen LogP contribution in [0.3, 0.4) is 0 Å². The van der Waals surface area contributed by atoms with Crippen molar-refractivity contribution in [3.63, 3.8) is 0 Å². The van der Waals surface area contributed by atoms with Crippen molar-refractivity contribution in [1.82, 2.24) is 4.90 Å². The van der Waals surface area contributed by atoms with Crippen LogP contribution in [0.25, 0.3) is 0 Å². The highest BCUT2D eigenvalue weighted by Gasteiger charge is 2.17. The number of amides is 1. The molecule has 0 fully saturated rings. The summed E-state index contributed by atoms with van der Waals surface area (Å²) in [6.45, 7) is 4.86. The van der Waals surface area contributed by atoms with Crippen LogP contribution in [0.2, 0.25) is 5.22 Å². The Morgan fingerprint density at radius 2 is 1.90 bits per heavy atom. The number of nitrogens with zero attached hydrogens (tertiary/aromatic N) is 1. The van der Waals surface area contributed by atoms with Gasteiger partial charge in [-0.2, -0.15) is 0 Å². The number of hydrogen-bond acceptors (Lipinski definition) is 2. The molecule has 0 aliphatic heterocycles. The molecule has 1 aromatic carbocycles. The SMILES string of the molecule is CC(C)c1ccc(CN(C)C(=O)c2ccoc2Cl)cc1. The molecule has 2 rings (SSSR count). The molecular formula is C16H18ClNO2. The number of hydrogen-bond donors (Lipinski definition) is 0. The second kappa shape index (κ2) is 6.14. The third-order valence-electron chi connectivity index (χ3n) is 3.26. The summed E-state index contributed by atoms with van der Waals surface area (Å²) in [4.78, 5) is 13.8. The zero-order chi connectivity index (χ0) is 14.7. The zero-order valence-electron chi connectivity index (χ0n) is 11.9. The molecule has 0 spiro atoms. The fourth-order valence-electron chi connectivity index (χ4n) is 2.01. The first-order chi connectivity index (χ1) is 9.49. The van der Waals surface area contributed by atoms with E-state index in [1.807, 2.05) is 0 Å². The minimum Gasteiger partial charge on any atom is -0.452 e. The molecule has 3 nitrogen and oxygen atoms in total. The van der Waals surface area contributed by atoms with E-state index in [2.05, 4.69) is 38.1 Å². The van der Waals surface area contributed by atoms with Crippen LogP contribution in [0.5, 0.6) is 0 Å². The summed E-state index contributed by atoms with van der Waals surface area (Å²) in [6, 6.07) is 9.89. The molecule has 0 unspecified atom stereocenters. The van der Waals surface area contributed by atoms with Crippen molar-refractivity contribution in [3.8, 4) is 0 Å². The van der Waals surface area contributed by atoms with Crippen LogP contribution in [0, 0.1) is 0 Å². The van der Waals surface area contributed by atoms with Crippen LogP contribution in [0.4, 0.5) is 0 Å². The highest BCUT2D eigenvalue weighted by molar-refractivity contribution is 6.32. The van der Waals surface area contributed by atoms with Gasteiger partial charge in [0.1, 0.15) is 0 Å². The Hall–Kier alpha value is -1.74. The average Bonchev–Trinajstić information content (AvgIpc) is 2.84. The van der Waals surface area contributed by atoms with E-state index in [9.17, 15) is 4.79 Å². The molecule has 0 aliphatic carbocycles. The minimum absolute atomic E-state index is 0.136. The first-order valence-corrected chi connectivity index (χ1v) is 6.94. The van der Waals surface area contributed by atoms with E-state index >= 15 is 0 Å². The van der Waals surface area contributed by atoms with Crippen molar-refractivity contribution in [1.29, 1.82) is 0 Å². The lowest BCUT2D eigenvalue weighted by Crippen LogP contribution is -2.26. The number of carbonyl (C=O) groups excluding carboxylic acids is 1. The lowest BCUT2D eigenvalue weighted by atomic mass is 10.0. The summed E-state index contributed by atoms with van der Waals surface area (Å²) in [7, 11) is 1.75. The molecule has 20 heavy (non-hydrogen) atoms. The molecule has 1 aromatic heterocycles. The summed E-state index contributed by atoms with van der Waals surface area (Å²) < 4.78 is 4.95. The van der Waals surface area contributed by atoms with E-state index in [-0.39, 0.29) is 11.1 Å². The monoisotopic (exact) mass is 291 g/mol. The smallest absolute Gasteiger partial charge is 0.258 e. The molecule has 0 saturated heterocycles. The van der Waals surface area contributed by atoms with Gasteiger partial charge in [0.15, 0.2) is 0 Å². The maximum absolute atomic E-state index is 12.2. The van der Waals surface area contributed by atoms with E-state index in [4.69, 9.17) is 16.0 Å². The van der Waals surface area contributed by atoms with Crippen molar-refractivity contribution in [2.45, 2.75) is 26.3 Å². The number of carbonyl (C=O) groups is 1. The topological polar surface area (TPSA) is 33.5 Å². The lowest BCUT2D eigenvalue weighted by molar-refractivity contribution is 0.0784. The Morgan fingerprint density at radius 1 is 1.25 bits per heavy atom. The molecular weight excluding hydrogens is 274 g/mol. The Morgan fingerprint density at radius 3 is 2.40 bits per heavy atom. The second-order valence-electron chi connectivity index (χ2n) is 5.17. The van der Waals surface area contributed by atoms with Crippen molar-refractivity contribution < 1.29 is 9.21 Å². The first kappa shape index (κ1) is 14.7. The Kier molecular flexibility index (Phi) is 4.50. The molecule has 106 valence electrons. The number of furan rings is 1. The molecule has 0 radical (unpaired) electrons. The standard InChI is InChI=1S/C16H18ClNO2/c1-11(2)13-6-4-12(5-7-13)10-18(3)16(19)14-8-9-20-15(14)17/h4-9,11H,10H2,1-3H3. The maximum Gasteiger partial charge on any atom is 0.258 e. The fourth-order valence-corrected chi connectivity index (χ4v) is 2.20. The predicted molar refractivity (Wildman–Crippen MR) is 80.0 cm³/mol. The van der Waals surface area contributed by atoms with Gasteiger partial charge in [0, 0.05) is 13.6 Å². The molecule has 1 amide bonds. The molecule has 4 heteroatoms. The van der Waals surface area contributed by atoms with Crippen molar-refractivity contribution in [2.75, 3.05) is 7.05 Å². The Labute approximate surface area is 124 Å². The van der Waals surface area contributed by atoms with E-state index in [1.165, 1.54) is 11.8 Å². The fraction of sp³-hybridized carbons (Fsp3) is 0.312. The number of benzene rings is 1. The van der Waals surface area contributed by atoms with Gasteiger partial charge in [-0.05, 0) is 34.7 Å². The van der Waals surface area contributed by atoms with Gasteiger partial charge >= 0.3 is 0 Å². The van der Waals surface area contributed by atoms with Gasteiger partial charge in [-0.25, -0.2) is 0 Å². The summed E-state index contributed by atoms with van der Waals surface area (Å²) >= 11 is 5.82. The summed E-state index contributed by atoms with van der Waals surface area (Å²) in [5.41, 5.74) is 2.78. The molecule has 0 atom stereocenters. The van der Waals surface area contributed by atoms with Gasteiger partial charge < -0.3 is 9.32 Å². The largest absolute Gasteiger partial charge is 0.452 e. The summed E-state index contributed by atoms with van der Waals surface area (Å²) in [6.07, 6.45) is 1.42. The van der Waals surface area contributed by atoms with Crippen LogP contribution < -0.4 is 0 Å². The van der Waals surface area contributed by atoms with Crippen molar-refractivity contribution in [2.24, 2.45) is 0 Å². The molecule has 0 saturated carbocycles. The van der Waals surface area contributed by atoms with E-state index < -0.39 is 0 Å². The highest BCUT2D eigenvalue weighted by Crippen LogP contribution is 2.20. The van der Waals surface area contributed by atoms with Gasteiger partial charge in [0.05, 0.1) is 11.8 Å². The molecule has 0 bridgehead atoms. The third kappa shape index (κ3) is 3.23. The van der Waals surface area contributed by atoms with Crippen molar-refractivity contribution >= 4 is 17.5 Å². The Bertz CT molecular complexity index is 587. The van der Waals surface area contributed by atoms with Crippen LogP contribution in [-0.4, -0.2) is 17.9 Å². The number of rotatable bonds is 4. The van der Waals surface area contributed by atoms with Gasteiger partial charge in [-0.3, -0.25) is 4.79 Å². The zero-order valence-corrected chi connectivity index (χ0v) is 12.6. The van der Waals surface area contributed by atoms with Gasteiger partial charge in [0.2, 0.25) is 5.22 Å². The van der Waals surface area contributed by atoms with Crippen molar-refractivity contribution in [3.05, 3.63) is 58.5 Å². The molecule has 0 aliphatic rings. The maximum atomic E-state index is 12.2.